The number of phosphoric acid groups is 1. The van der Waals surface area contributed by atoms with E-state index in [1.807, 2.05) is 19.1 Å². The summed E-state index contributed by atoms with van der Waals surface area (Å²) in [6, 6.07) is 0. The van der Waals surface area contributed by atoms with Crippen LogP contribution in [0.1, 0.15) is 149 Å². The van der Waals surface area contributed by atoms with Gasteiger partial charge in [-0.1, -0.05) is 119 Å². The standard InChI is InChI=1S/C41H69O9P/c1-3-5-6-7-8-9-10-11-12-16-19-22-25-28-31-34-40(43)48-36-39(37-49-51(45,46)47)50-41(44)35-32-29-26-23-20-17-14-13-15-18-21-24-27-30-33-38(42)4-2/h8-9,11-12,14-15,17-18,23-24,26-27,38-39,42H,3-7,10,13,16,19-22,25,28-37H2,1-2H3,(H2,45,46,47)/b9-8-,12-11-,17-14-,18-15-,26-23-,27-24-/t38-,39-/m1/s1. The second-order valence-corrected chi connectivity index (χ2v) is 13.9. The highest BCUT2D eigenvalue weighted by Gasteiger charge is 2.22. The van der Waals surface area contributed by atoms with Crippen LogP contribution < -0.4 is 0 Å². The number of ether oxygens (including phenoxy) is 2. The first-order chi connectivity index (χ1) is 24.7. The highest BCUT2D eigenvalue weighted by molar-refractivity contribution is 7.46. The quantitative estimate of drug-likeness (QED) is 0.0255. The van der Waals surface area contributed by atoms with E-state index in [-0.39, 0.29) is 25.6 Å². The van der Waals surface area contributed by atoms with Crippen molar-refractivity contribution < 1.29 is 43.0 Å². The van der Waals surface area contributed by atoms with Gasteiger partial charge in [-0.15, -0.1) is 0 Å². The van der Waals surface area contributed by atoms with Gasteiger partial charge in [0.2, 0.25) is 0 Å². The Morgan fingerprint density at radius 3 is 1.61 bits per heavy atom. The van der Waals surface area contributed by atoms with Gasteiger partial charge in [0.25, 0.3) is 0 Å². The van der Waals surface area contributed by atoms with E-state index in [0.29, 0.717) is 19.3 Å². The van der Waals surface area contributed by atoms with Crippen LogP contribution in [0, 0.1) is 0 Å². The number of hydrogen-bond donors (Lipinski definition) is 3. The topological polar surface area (TPSA) is 140 Å². The van der Waals surface area contributed by atoms with Crippen LogP contribution in [0.3, 0.4) is 0 Å². The maximum absolute atomic E-state index is 12.3. The van der Waals surface area contributed by atoms with E-state index in [2.05, 4.69) is 72.2 Å². The summed E-state index contributed by atoms with van der Waals surface area (Å²) in [6.07, 6.45) is 42.8. The van der Waals surface area contributed by atoms with Crippen LogP contribution in [0.4, 0.5) is 0 Å². The zero-order valence-electron chi connectivity index (χ0n) is 31.6. The molecule has 0 radical (unpaired) electrons. The lowest BCUT2D eigenvalue weighted by Crippen LogP contribution is -2.29. The van der Waals surface area contributed by atoms with Gasteiger partial charge in [-0.3, -0.25) is 14.1 Å². The van der Waals surface area contributed by atoms with Gasteiger partial charge < -0.3 is 24.4 Å². The van der Waals surface area contributed by atoms with Gasteiger partial charge in [-0.05, 0) is 89.9 Å². The molecular weight excluding hydrogens is 667 g/mol. The van der Waals surface area contributed by atoms with Crippen molar-refractivity contribution in [1.29, 1.82) is 0 Å². The van der Waals surface area contributed by atoms with Crippen LogP contribution in [0.2, 0.25) is 0 Å². The lowest BCUT2D eigenvalue weighted by molar-refractivity contribution is -0.161. The lowest BCUT2D eigenvalue weighted by atomic mass is 10.1. The molecule has 0 aromatic heterocycles. The molecule has 0 saturated heterocycles. The highest BCUT2D eigenvalue weighted by Crippen LogP contribution is 2.35. The molecule has 292 valence electrons. The van der Waals surface area contributed by atoms with Crippen LogP contribution in [-0.2, 0) is 28.2 Å². The van der Waals surface area contributed by atoms with Crippen LogP contribution in [-0.4, -0.2) is 52.3 Å². The average Bonchev–Trinajstić information content (AvgIpc) is 3.10. The summed E-state index contributed by atoms with van der Waals surface area (Å²) in [7, 11) is -4.78. The molecule has 0 spiro atoms. The van der Waals surface area contributed by atoms with E-state index in [1.165, 1.54) is 25.7 Å². The van der Waals surface area contributed by atoms with Gasteiger partial charge in [0.1, 0.15) is 6.61 Å². The third-order valence-corrected chi connectivity index (χ3v) is 8.35. The third-order valence-electron chi connectivity index (χ3n) is 7.86. The molecule has 0 aliphatic carbocycles. The number of phosphoric ester groups is 1. The average molecular weight is 737 g/mol. The Morgan fingerprint density at radius 1 is 0.588 bits per heavy atom. The summed E-state index contributed by atoms with van der Waals surface area (Å²) in [5, 5.41) is 9.53. The van der Waals surface area contributed by atoms with Crippen molar-refractivity contribution >= 4 is 19.8 Å². The maximum atomic E-state index is 12.3. The molecule has 2 atom stereocenters. The molecule has 3 N–H and O–H groups in total. The first kappa shape index (κ1) is 48.5. The molecule has 0 unspecified atom stereocenters. The molecule has 0 heterocycles. The molecule has 0 saturated carbocycles. The predicted octanol–water partition coefficient (Wildman–Crippen LogP) is 10.5. The number of aliphatic hydroxyl groups excluding tert-OH is 1. The van der Waals surface area contributed by atoms with Crippen molar-refractivity contribution in [3.63, 3.8) is 0 Å². The van der Waals surface area contributed by atoms with Gasteiger partial charge >= 0.3 is 19.8 Å². The van der Waals surface area contributed by atoms with E-state index < -0.39 is 32.5 Å². The summed E-state index contributed by atoms with van der Waals surface area (Å²) in [6.45, 7) is 3.30. The fraction of sp³-hybridized carbons (Fsp3) is 0.659. The smallest absolute Gasteiger partial charge is 0.462 e. The number of esters is 2. The number of hydrogen-bond acceptors (Lipinski definition) is 7. The Bertz CT molecular complexity index is 1070. The summed E-state index contributed by atoms with van der Waals surface area (Å²) < 4.78 is 26.2. The molecule has 0 bridgehead atoms. The number of unbranched alkanes of at least 4 members (excludes halogenated alkanes) is 9. The second-order valence-electron chi connectivity index (χ2n) is 12.7. The predicted molar refractivity (Wildman–Crippen MR) is 208 cm³/mol. The minimum absolute atomic E-state index is 0.116. The van der Waals surface area contributed by atoms with E-state index in [0.717, 1.165) is 77.0 Å². The van der Waals surface area contributed by atoms with Gasteiger partial charge in [-0.25, -0.2) is 4.57 Å². The largest absolute Gasteiger partial charge is 0.469 e. The number of carbonyl (C=O) groups excluding carboxylic acids is 2. The minimum atomic E-state index is -4.78. The normalized spacial score (nSPS) is 13.9. The van der Waals surface area contributed by atoms with E-state index in [9.17, 15) is 19.3 Å². The van der Waals surface area contributed by atoms with Crippen molar-refractivity contribution in [2.75, 3.05) is 13.2 Å². The number of allylic oxidation sites excluding steroid dienone is 12. The number of carbonyl (C=O) groups is 2. The SMILES string of the molecule is CCCCC/C=C\C/C=C\CCCCCCCC(=O)OC[C@H](COP(=O)(O)O)OC(=O)CCC/C=C\C/C=C\C/C=C\C/C=C\CC[C@H](O)CC. The Kier molecular flexibility index (Phi) is 34.0. The minimum Gasteiger partial charge on any atom is -0.462 e. The van der Waals surface area contributed by atoms with Crippen molar-refractivity contribution in [1.82, 2.24) is 0 Å². The van der Waals surface area contributed by atoms with Gasteiger partial charge in [0.15, 0.2) is 6.10 Å². The molecule has 9 nitrogen and oxygen atoms in total. The molecule has 0 rings (SSSR count). The molecule has 0 amide bonds. The van der Waals surface area contributed by atoms with Crippen LogP contribution in [0.25, 0.3) is 0 Å². The van der Waals surface area contributed by atoms with Crippen LogP contribution in [0.5, 0.6) is 0 Å². The highest BCUT2D eigenvalue weighted by atomic mass is 31.2. The fourth-order valence-corrected chi connectivity index (χ4v) is 5.15. The Hall–Kier alpha value is -2.55. The maximum Gasteiger partial charge on any atom is 0.469 e. The number of rotatable bonds is 34. The van der Waals surface area contributed by atoms with Crippen molar-refractivity contribution in [2.24, 2.45) is 0 Å². The molecular formula is C41H69O9P. The van der Waals surface area contributed by atoms with E-state index >= 15 is 0 Å². The summed E-state index contributed by atoms with van der Waals surface area (Å²) in [5.74, 6) is -0.992. The van der Waals surface area contributed by atoms with Gasteiger partial charge in [0.05, 0.1) is 12.7 Å². The van der Waals surface area contributed by atoms with Crippen LogP contribution >= 0.6 is 7.82 Å². The third kappa shape index (κ3) is 38.5. The zero-order chi connectivity index (χ0) is 37.7. The molecule has 0 aliphatic rings. The van der Waals surface area contributed by atoms with Crippen molar-refractivity contribution in [3.8, 4) is 0 Å². The summed E-state index contributed by atoms with van der Waals surface area (Å²) in [4.78, 5) is 42.7. The lowest BCUT2D eigenvalue weighted by Gasteiger charge is -2.18. The molecule has 0 fully saturated rings. The Balaban J connectivity index is 4.12. The summed E-state index contributed by atoms with van der Waals surface area (Å²) in [5.41, 5.74) is 0. The summed E-state index contributed by atoms with van der Waals surface area (Å²) >= 11 is 0. The monoisotopic (exact) mass is 736 g/mol. The molecule has 0 aromatic carbocycles. The Morgan fingerprint density at radius 2 is 1.06 bits per heavy atom. The first-order valence-corrected chi connectivity index (χ1v) is 20.8. The molecule has 0 aromatic rings. The number of aliphatic hydroxyl groups is 1. The zero-order valence-corrected chi connectivity index (χ0v) is 32.5. The second kappa shape index (κ2) is 35.8. The van der Waals surface area contributed by atoms with E-state index in [1.54, 1.807) is 0 Å². The fourth-order valence-electron chi connectivity index (χ4n) is 4.79. The first-order valence-electron chi connectivity index (χ1n) is 19.3. The van der Waals surface area contributed by atoms with Crippen LogP contribution in [0.15, 0.2) is 72.9 Å². The molecule has 0 aliphatic heterocycles. The molecule has 10 heteroatoms. The molecule has 51 heavy (non-hydrogen) atoms. The van der Waals surface area contributed by atoms with Crippen molar-refractivity contribution in [2.45, 2.75) is 161 Å². The Labute approximate surface area is 309 Å². The van der Waals surface area contributed by atoms with Gasteiger partial charge in [-0.2, -0.15) is 0 Å². The van der Waals surface area contributed by atoms with Crippen molar-refractivity contribution in [3.05, 3.63) is 72.9 Å². The van der Waals surface area contributed by atoms with E-state index in [4.69, 9.17) is 19.3 Å². The van der Waals surface area contributed by atoms with Gasteiger partial charge in [0, 0.05) is 12.8 Å².